The molecule has 7 heteroatoms. The van der Waals surface area contributed by atoms with E-state index in [0.717, 1.165) is 16.9 Å². The first kappa shape index (κ1) is 22.2. The van der Waals surface area contributed by atoms with Crippen LogP contribution in [0.3, 0.4) is 0 Å². The van der Waals surface area contributed by atoms with Crippen LogP contribution in [0.15, 0.2) is 66.9 Å². The van der Waals surface area contributed by atoms with E-state index in [1.54, 1.807) is 15.8 Å². The molecule has 33 heavy (non-hydrogen) atoms. The lowest BCUT2D eigenvalue weighted by Gasteiger charge is -2.19. The Morgan fingerprint density at radius 3 is 2.33 bits per heavy atom. The van der Waals surface area contributed by atoms with Crippen molar-refractivity contribution in [2.75, 3.05) is 18.4 Å². The number of anilines is 2. The number of aromatic nitrogens is 4. The predicted octanol–water partition coefficient (Wildman–Crippen LogP) is 5.17. The smallest absolute Gasteiger partial charge is 0.259 e. The Balaban J connectivity index is 1.79. The fourth-order valence-electron chi connectivity index (χ4n) is 3.70. The van der Waals surface area contributed by atoms with Gasteiger partial charge in [0.25, 0.3) is 5.91 Å². The maximum absolute atomic E-state index is 13.2. The van der Waals surface area contributed by atoms with Crippen LogP contribution in [0.1, 0.15) is 35.6 Å². The Labute approximate surface area is 194 Å². The summed E-state index contributed by atoms with van der Waals surface area (Å²) in [5.74, 6) is 1.74. The van der Waals surface area contributed by atoms with Gasteiger partial charge in [0, 0.05) is 24.7 Å². The number of aryl methyl sites for hydroxylation is 2. The molecule has 0 saturated carbocycles. The lowest BCUT2D eigenvalue weighted by Crippen LogP contribution is -2.30. The molecule has 168 valence electrons. The van der Waals surface area contributed by atoms with Gasteiger partial charge in [-0.05, 0) is 39.8 Å². The third-order valence-corrected chi connectivity index (χ3v) is 5.48. The summed E-state index contributed by atoms with van der Waals surface area (Å²) < 4.78 is 1.74. The summed E-state index contributed by atoms with van der Waals surface area (Å²) in [6.07, 6.45) is 1.62. The Morgan fingerprint density at radius 2 is 1.67 bits per heavy atom. The van der Waals surface area contributed by atoms with Crippen LogP contribution < -0.4 is 5.32 Å². The van der Waals surface area contributed by atoms with E-state index in [-0.39, 0.29) is 5.91 Å². The number of benzene rings is 2. The molecule has 0 unspecified atom stereocenters. The summed E-state index contributed by atoms with van der Waals surface area (Å²) >= 11 is 0. The highest BCUT2D eigenvalue weighted by Gasteiger charge is 2.23. The Hall–Kier alpha value is -4.00. The Morgan fingerprint density at radius 1 is 0.970 bits per heavy atom. The number of para-hydroxylation sites is 1. The van der Waals surface area contributed by atoms with Gasteiger partial charge in [0.2, 0.25) is 0 Å². The molecule has 0 aliphatic heterocycles. The fraction of sp³-hybridized carbons (Fsp3) is 0.231. The maximum Gasteiger partial charge on any atom is 0.259 e. The first-order valence-corrected chi connectivity index (χ1v) is 11.1. The summed E-state index contributed by atoms with van der Waals surface area (Å²) in [6, 6.07) is 19.8. The monoisotopic (exact) mass is 440 g/mol. The van der Waals surface area contributed by atoms with E-state index in [4.69, 9.17) is 0 Å². The van der Waals surface area contributed by atoms with E-state index in [0.29, 0.717) is 36.1 Å². The first-order valence-electron chi connectivity index (χ1n) is 11.1. The molecule has 0 spiro atoms. The van der Waals surface area contributed by atoms with Crippen LogP contribution in [0.25, 0.3) is 16.9 Å². The maximum atomic E-state index is 13.2. The number of carbonyl (C=O) groups excluding carboxylic acids is 1. The van der Waals surface area contributed by atoms with Crippen molar-refractivity contribution in [1.82, 2.24) is 24.6 Å². The lowest BCUT2D eigenvalue weighted by atomic mass is 10.1. The molecule has 0 aliphatic carbocycles. The third-order valence-electron chi connectivity index (χ3n) is 5.48. The molecular weight excluding hydrogens is 412 g/mol. The standard InChI is InChI=1S/C26H28N6O/c1-5-31(6-2)26(33)22-17-27-32(21-10-8-7-9-11-21)25(22)30-24-16-23(28-19(4)29-24)20-14-12-18(3)13-15-20/h7-17H,5-6H2,1-4H3,(H,28,29,30). The van der Waals surface area contributed by atoms with Gasteiger partial charge in [0.15, 0.2) is 0 Å². The van der Waals surface area contributed by atoms with Crippen molar-refractivity contribution in [2.24, 2.45) is 0 Å². The van der Waals surface area contributed by atoms with E-state index in [1.165, 1.54) is 5.56 Å². The minimum Gasteiger partial charge on any atom is -0.339 e. The third kappa shape index (κ3) is 4.77. The van der Waals surface area contributed by atoms with Crippen molar-refractivity contribution in [1.29, 1.82) is 0 Å². The molecule has 2 heterocycles. The molecule has 7 nitrogen and oxygen atoms in total. The summed E-state index contributed by atoms with van der Waals surface area (Å²) in [5.41, 5.74) is 4.35. The molecule has 1 N–H and O–H groups in total. The van der Waals surface area contributed by atoms with Crippen LogP contribution >= 0.6 is 0 Å². The van der Waals surface area contributed by atoms with Gasteiger partial charge in [0.1, 0.15) is 23.0 Å². The Bertz CT molecular complexity index is 1240. The topological polar surface area (TPSA) is 75.9 Å². The quantitative estimate of drug-likeness (QED) is 0.429. The van der Waals surface area contributed by atoms with Crippen molar-refractivity contribution in [3.63, 3.8) is 0 Å². The molecule has 0 bridgehead atoms. The SMILES string of the molecule is CCN(CC)C(=O)c1cnn(-c2ccccc2)c1Nc1cc(-c2ccc(C)cc2)nc(C)n1. The van der Waals surface area contributed by atoms with Crippen molar-refractivity contribution >= 4 is 17.5 Å². The van der Waals surface area contributed by atoms with Crippen molar-refractivity contribution in [2.45, 2.75) is 27.7 Å². The van der Waals surface area contributed by atoms with Crippen molar-refractivity contribution < 1.29 is 4.79 Å². The van der Waals surface area contributed by atoms with Crippen molar-refractivity contribution in [3.8, 4) is 16.9 Å². The van der Waals surface area contributed by atoms with Gasteiger partial charge < -0.3 is 10.2 Å². The van der Waals surface area contributed by atoms with Crippen molar-refractivity contribution in [3.05, 3.63) is 83.8 Å². The van der Waals surface area contributed by atoms with Crippen LogP contribution in [-0.4, -0.2) is 43.6 Å². The van der Waals surface area contributed by atoms with Gasteiger partial charge in [-0.3, -0.25) is 4.79 Å². The molecular formula is C26H28N6O. The summed E-state index contributed by atoms with van der Waals surface area (Å²) in [6.45, 7) is 9.10. The average Bonchev–Trinajstić information content (AvgIpc) is 3.23. The number of hydrogen-bond donors (Lipinski definition) is 1. The first-order chi connectivity index (χ1) is 16.0. The molecule has 1 amide bonds. The lowest BCUT2D eigenvalue weighted by molar-refractivity contribution is 0.0774. The van der Waals surface area contributed by atoms with E-state index >= 15 is 0 Å². The van der Waals surface area contributed by atoms with Crippen LogP contribution in [0, 0.1) is 13.8 Å². The van der Waals surface area contributed by atoms with Gasteiger partial charge >= 0.3 is 0 Å². The largest absolute Gasteiger partial charge is 0.339 e. The second-order valence-corrected chi connectivity index (χ2v) is 7.81. The number of nitrogens with zero attached hydrogens (tertiary/aromatic N) is 5. The normalized spacial score (nSPS) is 10.8. The second-order valence-electron chi connectivity index (χ2n) is 7.81. The molecule has 0 saturated heterocycles. The molecule has 0 aliphatic rings. The summed E-state index contributed by atoms with van der Waals surface area (Å²) in [7, 11) is 0. The predicted molar refractivity (Wildman–Crippen MR) is 131 cm³/mol. The number of hydrogen-bond acceptors (Lipinski definition) is 5. The van der Waals surface area contributed by atoms with Gasteiger partial charge in [0.05, 0.1) is 17.6 Å². The summed E-state index contributed by atoms with van der Waals surface area (Å²) in [5, 5.41) is 7.90. The van der Waals surface area contributed by atoms with E-state index < -0.39 is 0 Å². The molecule has 2 aromatic heterocycles. The second kappa shape index (κ2) is 9.65. The van der Waals surface area contributed by atoms with Gasteiger partial charge in [-0.25, -0.2) is 14.6 Å². The number of amides is 1. The van der Waals surface area contributed by atoms with Gasteiger partial charge in [-0.15, -0.1) is 0 Å². The highest BCUT2D eigenvalue weighted by Crippen LogP contribution is 2.27. The zero-order chi connectivity index (χ0) is 23.4. The minimum absolute atomic E-state index is 0.0748. The van der Waals surface area contributed by atoms with Gasteiger partial charge in [-0.2, -0.15) is 5.10 Å². The number of rotatable bonds is 7. The zero-order valence-electron chi connectivity index (χ0n) is 19.4. The van der Waals surface area contributed by atoms with Gasteiger partial charge in [-0.1, -0.05) is 48.0 Å². The van der Waals surface area contributed by atoms with Crippen LogP contribution in [-0.2, 0) is 0 Å². The van der Waals surface area contributed by atoms with E-state index in [9.17, 15) is 4.79 Å². The van der Waals surface area contributed by atoms with Crippen LogP contribution in [0.4, 0.5) is 11.6 Å². The molecule has 4 rings (SSSR count). The van der Waals surface area contributed by atoms with Crippen LogP contribution in [0.5, 0.6) is 0 Å². The number of nitrogens with one attached hydrogen (secondary N) is 1. The van der Waals surface area contributed by atoms with E-state index in [2.05, 4.69) is 39.4 Å². The highest BCUT2D eigenvalue weighted by molar-refractivity contribution is 5.99. The summed E-state index contributed by atoms with van der Waals surface area (Å²) in [4.78, 5) is 24.2. The fourth-order valence-corrected chi connectivity index (χ4v) is 3.70. The zero-order valence-corrected chi connectivity index (χ0v) is 19.4. The molecule has 0 fully saturated rings. The number of carbonyl (C=O) groups is 1. The highest BCUT2D eigenvalue weighted by atomic mass is 16.2. The minimum atomic E-state index is -0.0748. The van der Waals surface area contributed by atoms with E-state index in [1.807, 2.05) is 69.3 Å². The molecule has 4 aromatic rings. The molecule has 0 atom stereocenters. The average molecular weight is 441 g/mol. The molecule has 0 radical (unpaired) electrons. The van der Waals surface area contributed by atoms with Crippen LogP contribution in [0.2, 0.25) is 0 Å². The Kier molecular flexibility index (Phi) is 6.49. The molecule has 2 aromatic carbocycles.